The molecule has 5 rings (SSSR count). The van der Waals surface area contributed by atoms with Crippen molar-refractivity contribution in [1.29, 1.82) is 0 Å². The zero-order valence-electron chi connectivity index (χ0n) is 14.6. The van der Waals surface area contributed by atoms with Gasteiger partial charge in [-0.25, -0.2) is 9.97 Å². The molecule has 0 radical (unpaired) electrons. The fourth-order valence-electron chi connectivity index (χ4n) is 3.31. The van der Waals surface area contributed by atoms with Crippen molar-refractivity contribution in [2.24, 2.45) is 0 Å². The van der Waals surface area contributed by atoms with Crippen molar-refractivity contribution in [3.8, 4) is 11.5 Å². The molecule has 0 saturated heterocycles. The number of imidazole rings is 1. The Kier molecular flexibility index (Phi) is 3.40. The zero-order valence-corrected chi connectivity index (χ0v) is 14.6. The lowest BCUT2D eigenvalue weighted by atomic mass is 10.1. The van der Waals surface area contributed by atoms with Gasteiger partial charge in [0.2, 0.25) is 0 Å². The minimum absolute atomic E-state index is 0.138. The topological polar surface area (TPSA) is 60.9 Å². The van der Waals surface area contributed by atoms with E-state index in [1.165, 1.54) is 0 Å². The molecule has 3 heterocycles. The highest BCUT2D eigenvalue weighted by Crippen LogP contribution is 2.30. The number of rotatable bonds is 2. The van der Waals surface area contributed by atoms with Crippen molar-refractivity contribution < 1.29 is 9.21 Å². The van der Waals surface area contributed by atoms with Crippen LogP contribution in [0.1, 0.15) is 16.2 Å². The first-order valence-electron chi connectivity index (χ1n) is 8.64. The summed E-state index contributed by atoms with van der Waals surface area (Å²) in [5, 5.41) is 1.80. The molecule has 0 aliphatic heterocycles. The molecule has 5 heteroatoms. The predicted octanol–water partition coefficient (Wildman–Crippen LogP) is 4.84. The number of aromatic nitrogens is 3. The van der Waals surface area contributed by atoms with Crippen LogP contribution in [0.5, 0.6) is 0 Å². The molecule has 0 bridgehead atoms. The molecule has 0 spiro atoms. The van der Waals surface area contributed by atoms with Gasteiger partial charge in [0.05, 0.1) is 11.1 Å². The van der Waals surface area contributed by atoms with Gasteiger partial charge >= 0.3 is 0 Å². The molecular formula is C22H15N3O2. The third-order valence-corrected chi connectivity index (χ3v) is 4.67. The number of nitrogens with zero attached hydrogens (tertiary/aromatic N) is 3. The number of furan rings is 1. The summed E-state index contributed by atoms with van der Waals surface area (Å²) in [7, 11) is 0. The SMILES string of the molecule is Cc1nccn1C(=O)c1cc(-c2cc3ccccc3o2)nc2ccccc12. The van der Waals surface area contributed by atoms with Gasteiger partial charge in [0.25, 0.3) is 5.91 Å². The van der Waals surface area contributed by atoms with Gasteiger partial charge < -0.3 is 4.42 Å². The predicted molar refractivity (Wildman–Crippen MR) is 104 cm³/mol. The lowest BCUT2D eigenvalue weighted by molar-refractivity contribution is 0.0959. The van der Waals surface area contributed by atoms with E-state index in [4.69, 9.17) is 9.40 Å². The molecule has 0 N–H and O–H groups in total. The maximum Gasteiger partial charge on any atom is 0.264 e. The lowest BCUT2D eigenvalue weighted by Gasteiger charge is -2.09. The normalized spacial score (nSPS) is 11.3. The van der Waals surface area contributed by atoms with Gasteiger partial charge in [-0.3, -0.25) is 9.36 Å². The second-order valence-electron chi connectivity index (χ2n) is 6.37. The number of benzene rings is 2. The van der Waals surface area contributed by atoms with Crippen LogP contribution in [0, 0.1) is 6.92 Å². The molecule has 2 aromatic carbocycles. The number of carbonyl (C=O) groups excluding carboxylic acids is 1. The van der Waals surface area contributed by atoms with Crippen molar-refractivity contribution in [3.05, 3.63) is 84.4 Å². The molecule has 5 nitrogen and oxygen atoms in total. The van der Waals surface area contributed by atoms with E-state index in [1.54, 1.807) is 30.0 Å². The van der Waals surface area contributed by atoms with E-state index in [0.29, 0.717) is 22.8 Å². The summed E-state index contributed by atoms with van der Waals surface area (Å²) in [6.45, 7) is 1.81. The quantitative estimate of drug-likeness (QED) is 0.455. The summed E-state index contributed by atoms with van der Waals surface area (Å²) >= 11 is 0. The molecular weight excluding hydrogens is 338 g/mol. The highest BCUT2D eigenvalue weighted by Gasteiger charge is 2.18. The fourth-order valence-corrected chi connectivity index (χ4v) is 3.31. The third kappa shape index (κ3) is 2.52. The number of para-hydroxylation sites is 2. The number of carbonyl (C=O) groups is 1. The Balaban J connectivity index is 1.75. The smallest absolute Gasteiger partial charge is 0.264 e. The highest BCUT2D eigenvalue weighted by molar-refractivity contribution is 6.08. The van der Waals surface area contributed by atoms with Crippen molar-refractivity contribution in [2.45, 2.75) is 6.92 Å². The number of aryl methyl sites for hydroxylation is 1. The van der Waals surface area contributed by atoms with Crippen LogP contribution in [0.15, 0.2) is 77.5 Å². The van der Waals surface area contributed by atoms with Crippen molar-refractivity contribution in [1.82, 2.24) is 14.5 Å². The van der Waals surface area contributed by atoms with E-state index in [1.807, 2.05) is 54.6 Å². The minimum Gasteiger partial charge on any atom is -0.454 e. The molecule has 130 valence electrons. The van der Waals surface area contributed by atoms with Gasteiger partial charge in [0.15, 0.2) is 5.76 Å². The molecule has 0 saturated carbocycles. The van der Waals surface area contributed by atoms with Crippen LogP contribution in [0.2, 0.25) is 0 Å². The highest BCUT2D eigenvalue weighted by atomic mass is 16.3. The average Bonchev–Trinajstić information content (AvgIpc) is 3.32. The largest absolute Gasteiger partial charge is 0.454 e. The van der Waals surface area contributed by atoms with Gasteiger partial charge in [0.1, 0.15) is 17.1 Å². The van der Waals surface area contributed by atoms with E-state index >= 15 is 0 Å². The molecule has 0 fully saturated rings. The Morgan fingerprint density at radius 2 is 1.85 bits per heavy atom. The third-order valence-electron chi connectivity index (χ3n) is 4.67. The van der Waals surface area contributed by atoms with Gasteiger partial charge in [-0.15, -0.1) is 0 Å². The molecule has 0 atom stereocenters. The first-order valence-corrected chi connectivity index (χ1v) is 8.64. The van der Waals surface area contributed by atoms with E-state index < -0.39 is 0 Å². The minimum atomic E-state index is -0.138. The summed E-state index contributed by atoms with van der Waals surface area (Å²) in [6.07, 6.45) is 3.30. The summed E-state index contributed by atoms with van der Waals surface area (Å²) in [5.74, 6) is 1.14. The van der Waals surface area contributed by atoms with Crippen LogP contribution in [-0.2, 0) is 0 Å². The number of fused-ring (bicyclic) bond motifs is 2. The van der Waals surface area contributed by atoms with Crippen LogP contribution in [0.4, 0.5) is 0 Å². The summed E-state index contributed by atoms with van der Waals surface area (Å²) in [4.78, 5) is 22.0. The number of hydrogen-bond acceptors (Lipinski definition) is 4. The van der Waals surface area contributed by atoms with Crippen LogP contribution in [0.25, 0.3) is 33.3 Å². The van der Waals surface area contributed by atoms with E-state index in [-0.39, 0.29) is 5.91 Å². The maximum atomic E-state index is 13.2. The molecule has 3 aromatic heterocycles. The molecule has 0 aliphatic carbocycles. The average molecular weight is 353 g/mol. The first kappa shape index (κ1) is 15.5. The molecule has 0 amide bonds. The second kappa shape index (κ2) is 5.92. The van der Waals surface area contributed by atoms with Crippen molar-refractivity contribution >= 4 is 27.8 Å². The first-order chi connectivity index (χ1) is 13.2. The Morgan fingerprint density at radius 1 is 1.04 bits per heavy atom. The van der Waals surface area contributed by atoms with Gasteiger partial charge in [0, 0.05) is 23.2 Å². The van der Waals surface area contributed by atoms with Crippen LogP contribution in [-0.4, -0.2) is 20.4 Å². The van der Waals surface area contributed by atoms with Crippen molar-refractivity contribution in [3.63, 3.8) is 0 Å². The van der Waals surface area contributed by atoms with Gasteiger partial charge in [-0.2, -0.15) is 0 Å². The van der Waals surface area contributed by atoms with Crippen LogP contribution >= 0.6 is 0 Å². The molecule has 0 unspecified atom stereocenters. The fraction of sp³-hybridized carbons (Fsp3) is 0.0455. The lowest BCUT2D eigenvalue weighted by Crippen LogP contribution is -2.13. The van der Waals surface area contributed by atoms with Crippen molar-refractivity contribution in [2.75, 3.05) is 0 Å². The number of pyridine rings is 1. The zero-order chi connectivity index (χ0) is 18.4. The Hall–Kier alpha value is -3.73. The van der Waals surface area contributed by atoms with E-state index in [9.17, 15) is 4.79 Å². The Bertz CT molecular complexity index is 1280. The van der Waals surface area contributed by atoms with Gasteiger partial charge in [-0.1, -0.05) is 36.4 Å². The Labute approximate surface area is 154 Å². The van der Waals surface area contributed by atoms with Crippen LogP contribution < -0.4 is 0 Å². The van der Waals surface area contributed by atoms with E-state index in [0.717, 1.165) is 21.9 Å². The molecule has 5 aromatic rings. The second-order valence-corrected chi connectivity index (χ2v) is 6.37. The Morgan fingerprint density at radius 3 is 2.67 bits per heavy atom. The van der Waals surface area contributed by atoms with Crippen LogP contribution in [0.3, 0.4) is 0 Å². The summed E-state index contributed by atoms with van der Waals surface area (Å²) in [6, 6.07) is 19.2. The summed E-state index contributed by atoms with van der Waals surface area (Å²) < 4.78 is 7.51. The summed E-state index contributed by atoms with van der Waals surface area (Å²) in [5.41, 5.74) is 2.74. The van der Waals surface area contributed by atoms with E-state index in [2.05, 4.69) is 4.98 Å². The van der Waals surface area contributed by atoms with Gasteiger partial charge in [-0.05, 0) is 31.2 Å². The molecule has 27 heavy (non-hydrogen) atoms. The number of hydrogen-bond donors (Lipinski definition) is 0. The maximum absolute atomic E-state index is 13.2. The molecule has 0 aliphatic rings. The monoisotopic (exact) mass is 353 g/mol. The standard InChI is InChI=1S/C22H15N3O2/c1-14-23-10-11-25(14)22(26)17-13-19(24-18-8-4-3-7-16(17)18)21-12-15-6-2-5-9-20(15)27-21/h2-13H,1H3.